The maximum Gasteiger partial charge on any atom is 0.126 e. The number of nitrogens with zero attached hydrogens (tertiary/aromatic N) is 1. The lowest BCUT2D eigenvalue weighted by atomic mass is 10.0. The molecule has 2 nitrogen and oxygen atoms in total. The average Bonchev–Trinajstić information content (AvgIpc) is 2.28. The predicted octanol–water partition coefficient (Wildman–Crippen LogP) is 3.78. The van der Waals surface area contributed by atoms with Crippen LogP contribution in [0.25, 0.3) is 0 Å². The van der Waals surface area contributed by atoms with Crippen LogP contribution in [0.4, 0.5) is 10.1 Å². The van der Waals surface area contributed by atoms with E-state index in [1.54, 1.807) is 13.0 Å². The van der Waals surface area contributed by atoms with Crippen LogP contribution < -0.4 is 10.6 Å². The summed E-state index contributed by atoms with van der Waals surface area (Å²) >= 11 is 0. The second kappa shape index (κ2) is 6.19. The molecule has 2 N–H and O–H groups in total. The van der Waals surface area contributed by atoms with Crippen molar-refractivity contribution in [3.63, 3.8) is 0 Å². The molecule has 0 radical (unpaired) electrons. The number of nitrogens with two attached hydrogens (primary N) is 1. The van der Waals surface area contributed by atoms with Gasteiger partial charge < -0.3 is 10.6 Å². The lowest BCUT2D eigenvalue weighted by Crippen LogP contribution is -2.33. The molecule has 3 heteroatoms. The van der Waals surface area contributed by atoms with E-state index in [-0.39, 0.29) is 11.9 Å². The van der Waals surface area contributed by atoms with Gasteiger partial charge in [-0.05, 0) is 57.4 Å². The third-order valence-corrected chi connectivity index (χ3v) is 3.20. The van der Waals surface area contributed by atoms with Crippen molar-refractivity contribution in [1.29, 1.82) is 0 Å². The van der Waals surface area contributed by atoms with Gasteiger partial charge in [0.2, 0.25) is 0 Å². The van der Waals surface area contributed by atoms with Gasteiger partial charge in [-0.25, -0.2) is 4.39 Å². The molecule has 0 amide bonds. The molecule has 0 saturated heterocycles. The quantitative estimate of drug-likeness (QED) is 0.864. The lowest BCUT2D eigenvalue weighted by Gasteiger charge is -2.32. The molecule has 1 rings (SSSR count). The van der Waals surface area contributed by atoms with Crippen LogP contribution >= 0.6 is 0 Å². The number of hydrogen-bond donors (Lipinski definition) is 1. The van der Waals surface area contributed by atoms with E-state index in [0.717, 1.165) is 24.2 Å². The van der Waals surface area contributed by atoms with Gasteiger partial charge in [-0.3, -0.25) is 0 Å². The summed E-state index contributed by atoms with van der Waals surface area (Å²) in [6, 6.07) is 3.73. The van der Waals surface area contributed by atoms with Crippen LogP contribution in [0.3, 0.4) is 0 Å². The molecule has 0 heterocycles. The van der Waals surface area contributed by atoms with Gasteiger partial charge in [0.25, 0.3) is 0 Å². The van der Waals surface area contributed by atoms with Crippen molar-refractivity contribution in [3.05, 3.63) is 29.1 Å². The molecule has 0 fully saturated rings. The van der Waals surface area contributed by atoms with Crippen LogP contribution in [-0.4, -0.2) is 12.6 Å². The van der Waals surface area contributed by atoms with Crippen LogP contribution in [0, 0.1) is 12.7 Å². The summed E-state index contributed by atoms with van der Waals surface area (Å²) in [5.41, 5.74) is 8.61. The third kappa shape index (κ3) is 3.22. The van der Waals surface area contributed by atoms with E-state index >= 15 is 0 Å². The Labute approximate surface area is 110 Å². The minimum absolute atomic E-state index is 0.159. The van der Waals surface area contributed by atoms with Crippen LogP contribution in [0.15, 0.2) is 12.1 Å². The Morgan fingerprint density at radius 2 is 1.89 bits per heavy atom. The van der Waals surface area contributed by atoms with Crippen molar-refractivity contribution in [2.75, 3.05) is 11.4 Å². The Balaban J connectivity index is 3.30. The Bertz CT molecular complexity index is 400. The number of anilines is 1. The zero-order valence-corrected chi connectivity index (χ0v) is 12.1. The molecule has 102 valence electrons. The monoisotopic (exact) mass is 252 g/mol. The summed E-state index contributed by atoms with van der Waals surface area (Å²) in [5.74, 6) is -0.175. The van der Waals surface area contributed by atoms with Crippen molar-refractivity contribution in [2.45, 2.75) is 53.1 Å². The van der Waals surface area contributed by atoms with E-state index in [1.165, 1.54) is 0 Å². The SMILES string of the molecule is CCCN(c1cc(C)c(F)cc1[C@H](C)N)C(C)C. The molecule has 1 aromatic rings. The molecular weight excluding hydrogens is 227 g/mol. The van der Waals surface area contributed by atoms with Crippen molar-refractivity contribution in [2.24, 2.45) is 5.73 Å². The fourth-order valence-corrected chi connectivity index (χ4v) is 2.19. The van der Waals surface area contributed by atoms with Gasteiger partial charge in [-0.1, -0.05) is 6.92 Å². The third-order valence-electron chi connectivity index (χ3n) is 3.20. The number of halogens is 1. The Morgan fingerprint density at radius 3 is 2.33 bits per heavy atom. The van der Waals surface area contributed by atoms with Gasteiger partial charge in [0.1, 0.15) is 5.82 Å². The summed E-state index contributed by atoms with van der Waals surface area (Å²) in [6.07, 6.45) is 1.06. The number of rotatable bonds is 5. The first-order valence-corrected chi connectivity index (χ1v) is 6.70. The Kier molecular flexibility index (Phi) is 5.15. The van der Waals surface area contributed by atoms with E-state index < -0.39 is 0 Å². The number of hydrogen-bond acceptors (Lipinski definition) is 2. The Morgan fingerprint density at radius 1 is 1.28 bits per heavy atom. The van der Waals surface area contributed by atoms with Gasteiger partial charge in [-0.2, -0.15) is 0 Å². The predicted molar refractivity (Wildman–Crippen MR) is 76.5 cm³/mol. The summed E-state index contributed by atoms with van der Waals surface area (Å²) in [5, 5.41) is 0. The highest BCUT2D eigenvalue weighted by Gasteiger charge is 2.17. The normalized spacial score (nSPS) is 12.9. The molecule has 0 unspecified atom stereocenters. The smallest absolute Gasteiger partial charge is 0.126 e. The molecule has 1 atom stereocenters. The zero-order chi connectivity index (χ0) is 13.9. The number of aryl methyl sites for hydroxylation is 1. The summed E-state index contributed by atoms with van der Waals surface area (Å²) in [7, 11) is 0. The van der Waals surface area contributed by atoms with E-state index in [2.05, 4.69) is 25.7 Å². The van der Waals surface area contributed by atoms with E-state index in [9.17, 15) is 4.39 Å². The molecule has 0 aliphatic heterocycles. The summed E-state index contributed by atoms with van der Waals surface area (Å²) in [6.45, 7) is 11.1. The van der Waals surface area contributed by atoms with Gasteiger partial charge in [0, 0.05) is 24.3 Å². The molecule has 1 aromatic carbocycles. The largest absolute Gasteiger partial charge is 0.369 e. The number of benzene rings is 1. The first kappa shape index (κ1) is 15.0. The fourth-order valence-electron chi connectivity index (χ4n) is 2.19. The van der Waals surface area contributed by atoms with Crippen molar-refractivity contribution in [3.8, 4) is 0 Å². The lowest BCUT2D eigenvalue weighted by molar-refractivity contribution is 0.608. The molecule has 0 aliphatic rings. The van der Waals surface area contributed by atoms with Gasteiger partial charge in [-0.15, -0.1) is 0 Å². The molecule has 0 aliphatic carbocycles. The zero-order valence-electron chi connectivity index (χ0n) is 12.1. The highest BCUT2D eigenvalue weighted by molar-refractivity contribution is 5.57. The maximum atomic E-state index is 13.7. The van der Waals surface area contributed by atoms with Gasteiger partial charge in [0.05, 0.1) is 0 Å². The molecule has 18 heavy (non-hydrogen) atoms. The standard InChI is InChI=1S/C15H25FN2/c1-6-7-18(10(2)3)15-8-11(4)14(16)9-13(15)12(5)17/h8-10,12H,6-7,17H2,1-5H3/t12-/m0/s1. The molecule has 0 saturated carbocycles. The molecule has 0 bridgehead atoms. The fraction of sp³-hybridized carbons (Fsp3) is 0.600. The highest BCUT2D eigenvalue weighted by atomic mass is 19.1. The topological polar surface area (TPSA) is 29.3 Å². The second-order valence-electron chi connectivity index (χ2n) is 5.24. The first-order valence-electron chi connectivity index (χ1n) is 6.70. The van der Waals surface area contributed by atoms with Crippen LogP contribution in [0.2, 0.25) is 0 Å². The van der Waals surface area contributed by atoms with Crippen LogP contribution in [-0.2, 0) is 0 Å². The van der Waals surface area contributed by atoms with E-state index in [1.807, 2.05) is 13.0 Å². The Hall–Kier alpha value is -1.09. The van der Waals surface area contributed by atoms with Crippen LogP contribution in [0.1, 0.15) is 51.3 Å². The molecule has 0 aromatic heterocycles. The van der Waals surface area contributed by atoms with E-state index in [4.69, 9.17) is 5.73 Å². The van der Waals surface area contributed by atoms with Gasteiger partial charge >= 0.3 is 0 Å². The van der Waals surface area contributed by atoms with E-state index in [0.29, 0.717) is 11.6 Å². The van der Waals surface area contributed by atoms with Crippen molar-refractivity contribution >= 4 is 5.69 Å². The molecule has 0 spiro atoms. The summed E-state index contributed by atoms with van der Waals surface area (Å²) in [4.78, 5) is 2.30. The van der Waals surface area contributed by atoms with Gasteiger partial charge in [0.15, 0.2) is 0 Å². The van der Waals surface area contributed by atoms with Crippen molar-refractivity contribution < 1.29 is 4.39 Å². The highest BCUT2D eigenvalue weighted by Crippen LogP contribution is 2.29. The van der Waals surface area contributed by atoms with Crippen LogP contribution in [0.5, 0.6) is 0 Å². The second-order valence-corrected chi connectivity index (χ2v) is 5.24. The maximum absolute atomic E-state index is 13.7. The average molecular weight is 252 g/mol. The van der Waals surface area contributed by atoms with Crippen molar-refractivity contribution in [1.82, 2.24) is 0 Å². The minimum atomic E-state index is -0.175. The first-order chi connectivity index (χ1) is 8.38. The summed E-state index contributed by atoms with van der Waals surface area (Å²) < 4.78 is 13.7. The molecular formula is C15H25FN2. The minimum Gasteiger partial charge on any atom is -0.369 e.